The molecule has 9 heteroatoms. The molecule has 2 aromatic carbocycles. The van der Waals surface area contributed by atoms with Gasteiger partial charge in [-0.1, -0.05) is 6.07 Å². The highest BCUT2D eigenvalue weighted by molar-refractivity contribution is 6.07. The molecule has 1 heterocycles. The number of amides is 2. The molecule has 0 saturated carbocycles. The molecular formula is C21H17F3N4O2. The molecule has 0 saturated heterocycles. The Labute approximate surface area is 170 Å². The third-order valence-electron chi connectivity index (χ3n) is 3.97. The normalized spacial score (nSPS) is 10.9. The van der Waals surface area contributed by atoms with E-state index in [0.717, 1.165) is 12.1 Å². The second-order valence-corrected chi connectivity index (χ2v) is 6.32. The van der Waals surface area contributed by atoms with Crippen LogP contribution in [-0.2, 0) is 11.0 Å². The van der Waals surface area contributed by atoms with Crippen molar-refractivity contribution in [1.29, 1.82) is 0 Å². The number of alkyl halides is 3. The van der Waals surface area contributed by atoms with Crippen LogP contribution in [0.3, 0.4) is 0 Å². The van der Waals surface area contributed by atoms with Crippen molar-refractivity contribution in [2.24, 2.45) is 0 Å². The van der Waals surface area contributed by atoms with Crippen LogP contribution in [-0.4, -0.2) is 16.8 Å². The quantitative estimate of drug-likeness (QED) is 0.545. The Bertz CT molecular complexity index is 1070. The van der Waals surface area contributed by atoms with E-state index >= 15 is 0 Å². The maximum absolute atomic E-state index is 12.9. The Morgan fingerprint density at radius 1 is 0.867 bits per heavy atom. The van der Waals surface area contributed by atoms with Crippen molar-refractivity contribution >= 4 is 34.7 Å². The minimum absolute atomic E-state index is 0.115. The van der Waals surface area contributed by atoms with E-state index in [2.05, 4.69) is 20.9 Å². The van der Waals surface area contributed by atoms with E-state index in [4.69, 9.17) is 0 Å². The van der Waals surface area contributed by atoms with Gasteiger partial charge in [-0.3, -0.25) is 9.59 Å². The lowest BCUT2D eigenvalue weighted by atomic mass is 10.1. The third-order valence-corrected chi connectivity index (χ3v) is 3.97. The van der Waals surface area contributed by atoms with Crippen LogP contribution in [0.25, 0.3) is 0 Å². The summed E-state index contributed by atoms with van der Waals surface area (Å²) < 4.78 is 38.8. The lowest BCUT2D eigenvalue weighted by molar-refractivity contribution is -0.137. The fraction of sp³-hybridized carbons (Fsp3) is 0.0952. The van der Waals surface area contributed by atoms with Gasteiger partial charge in [-0.05, 0) is 54.6 Å². The first kappa shape index (κ1) is 20.8. The zero-order valence-corrected chi connectivity index (χ0v) is 15.7. The first-order valence-corrected chi connectivity index (χ1v) is 8.81. The average Bonchev–Trinajstić information content (AvgIpc) is 2.69. The van der Waals surface area contributed by atoms with Gasteiger partial charge in [0.1, 0.15) is 5.82 Å². The smallest absolute Gasteiger partial charge is 0.340 e. The number of hydrogen-bond acceptors (Lipinski definition) is 4. The number of carbonyl (C=O) groups excluding carboxylic acids is 2. The van der Waals surface area contributed by atoms with Gasteiger partial charge in [0.05, 0.1) is 11.1 Å². The molecule has 0 aliphatic rings. The number of aromatic nitrogens is 1. The van der Waals surface area contributed by atoms with Crippen molar-refractivity contribution in [3.8, 4) is 0 Å². The van der Waals surface area contributed by atoms with E-state index in [1.165, 1.54) is 31.3 Å². The molecule has 154 valence electrons. The van der Waals surface area contributed by atoms with Crippen molar-refractivity contribution in [1.82, 2.24) is 4.98 Å². The molecule has 0 unspecified atom stereocenters. The van der Waals surface area contributed by atoms with Gasteiger partial charge in [-0.2, -0.15) is 13.2 Å². The Hall–Kier alpha value is -3.88. The second-order valence-electron chi connectivity index (χ2n) is 6.32. The van der Waals surface area contributed by atoms with Gasteiger partial charge >= 0.3 is 6.18 Å². The minimum Gasteiger partial charge on any atom is -0.340 e. The standard InChI is InChI=1S/C21H17F3N4O2/c1-13(29)26-15-7-9-16(10-8-15)28-20(30)18-6-3-11-25-19(18)27-17-5-2-4-14(12-17)21(22,23)24/h2-12H,1H3,(H,25,27)(H,26,29)(H,28,30). The highest BCUT2D eigenvalue weighted by Gasteiger charge is 2.30. The van der Waals surface area contributed by atoms with E-state index in [0.29, 0.717) is 11.4 Å². The topological polar surface area (TPSA) is 83.1 Å². The summed E-state index contributed by atoms with van der Waals surface area (Å²) in [5.41, 5.74) is 0.545. The van der Waals surface area contributed by atoms with Gasteiger partial charge in [0.2, 0.25) is 5.91 Å². The largest absolute Gasteiger partial charge is 0.416 e. The lowest BCUT2D eigenvalue weighted by Crippen LogP contribution is -2.15. The molecule has 3 N–H and O–H groups in total. The highest BCUT2D eigenvalue weighted by atomic mass is 19.4. The number of benzene rings is 2. The summed E-state index contributed by atoms with van der Waals surface area (Å²) >= 11 is 0. The van der Waals surface area contributed by atoms with Crippen molar-refractivity contribution in [2.75, 3.05) is 16.0 Å². The van der Waals surface area contributed by atoms with Crippen LogP contribution in [0.4, 0.5) is 36.1 Å². The second kappa shape index (κ2) is 8.64. The van der Waals surface area contributed by atoms with Crippen molar-refractivity contribution in [3.05, 3.63) is 78.0 Å². The molecule has 6 nitrogen and oxygen atoms in total. The van der Waals surface area contributed by atoms with Crippen LogP contribution >= 0.6 is 0 Å². The van der Waals surface area contributed by atoms with Gasteiger partial charge in [0.15, 0.2) is 0 Å². The average molecular weight is 414 g/mol. The van der Waals surface area contributed by atoms with Crippen LogP contribution in [0.5, 0.6) is 0 Å². The predicted molar refractivity (Wildman–Crippen MR) is 108 cm³/mol. The molecule has 0 atom stereocenters. The third kappa shape index (κ3) is 5.34. The molecule has 0 aliphatic heterocycles. The maximum Gasteiger partial charge on any atom is 0.416 e. The zero-order chi connectivity index (χ0) is 21.7. The number of pyridine rings is 1. The molecule has 0 radical (unpaired) electrons. The van der Waals surface area contributed by atoms with Gasteiger partial charge in [-0.25, -0.2) is 4.98 Å². The number of carbonyl (C=O) groups is 2. The molecule has 3 aromatic rings. The summed E-state index contributed by atoms with van der Waals surface area (Å²) in [6.07, 6.45) is -3.06. The first-order chi connectivity index (χ1) is 14.2. The zero-order valence-electron chi connectivity index (χ0n) is 15.7. The predicted octanol–water partition coefficient (Wildman–Crippen LogP) is 5.05. The van der Waals surface area contributed by atoms with E-state index in [9.17, 15) is 22.8 Å². The Morgan fingerprint density at radius 2 is 1.53 bits per heavy atom. The minimum atomic E-state index is -4.48. The number of nitrogens with zero attached hydrogens (tertiary/aromatic N) is 1. The monoisotopic (exact) mass is 414 g/mol. The molecule has 0 aliphatic carbocycles. The molecule has 1 aromatic heterocycles. The summed E-state index contributed by atoms with van der Waals surface area (Å²) in [6, 6.07) is 14.1. The number of halogens is 3. The van der Waals surface area contributed by atoms with Gasteiger partial charge < -0.3 is 16.0 Å². The SMILES string of the molecule is CC(=O)Nc1ccc(NC(=O)c2cccnc2Nc2cccc(C(F)(F)F)c2)cc1. The van der Waals surface area contributed by atoms with E-state index in [1.807, 2.05) is 0 Å². The van der Waals surface area contributed by atoms with Crippen molar-refractivity contribution in [3.63, 3.8) is 0 Å². The Morgan fingerprint density at radius 3 is 2.17 bits per heavy atom. The summed E-state index contributed by atoms with van der Waals surface area (Å²) in [5, 5.41) is 8.07. The summed E-state index contributed by atoms with van der Waals surface area (Å²) in [7, 11) is 0. The van der Waals surface area contributed by atoms with Gasteiger partial charge in [-0.15, -0.1) is 0 Å². The molecule has 0 spiro atoms. The molecule has 0 fully saturated rings. The Kier molecular flexibility index (Phi) is 6.01. The van der Waals surface area contributed by atoms with Crippen molar-refractivity contribution < 1.29 is 22.8 Å². The van der Waals surface area contributed by atoms with E-state index in [1.54, 1.807) is 30.3 Å². The number of hydrogen-bond donors (Lipinski definition) is 3. The molecule has 0 bridgehead atoms. The molecule has 2 amide bonds. The fourth-order valence-corrected chi connectivity index (χ4v) is 2.64. The van der Waals surface area contributed by atoms with E-state index < -0.39 is 17.6 Å². The number of rotatable bonds is 5. The molecular weight excluding hydrogens is 397 g/mol. The molecule has 3 rings (SSSR count). The van der Waals surface area contributed by atoms with Gasteiger partial charge in [0.25, 0.3) is 5.91 Å². The van der Waals surface area contributed by atoms with Crippen LogP contribution < -0.4 is 16.0 Å². The highest BCUT2D eigenvalue weighted by Crippen LogP contribution is 2.31. The first-order valence-electron chi connectivity index (χ1n) is 8.81. The molecule has 30 heavy (non-hydrogen) atoms. The summed E-state index contributed by atoms with van der Waals surface area (Å²) in [4.78, 5) is 27.8. The maximum atomic E-state index is 12.9. The summed E-state index contributed by atoms with van der Waals surface area (Å²) in [5.74, 6) is -0.596. The number of nitrogens with one attached hydrogen (secondary N) is 3. The fourth-order valence-electron chi connectivity index (χ4n) is 2.64. The number of anilines is 4. The van der Waals surface area contributed by atoms with Crippen LogP contribution in [0, 0.1) is 0 Å². The summed E-state index contributed by atoms with van der Waals surface area (Å²) in [6.45, 7) is 1.39. The van der Waals surface area contributed by atoms with Gasteiger partial charge in [0, 0.05) is 30.2 Å². The van der Waals surface area contributed by atoms with Crippen LogP contribution in [0.1, 0.15) is 22.8 Å². The lowest BCUT2D eigenvalue weighted by Gasteiger charge is -2.13. The van der Waals surface area contributed by atoms with Crippen molar-refractivity contribution in [2.45, 2.75) is 13.1 Å². The van der Waals surface area contributed by atoms with E-state index in [-0.39, 0.29) is 23.0 Å². The van der Waals surface area contributed by atoms with Crippen LogP contribution in [0.15, 0.2) is 66.9 Å². The van der Waals surface area contributed by atoms with Crippen LogP contribution in [0.2, 0.25) is 0 Å². The Balaban J connectivity index is 1.78.